The number of thiazole rings is 1. The fourth-order valence-corrected chi connectivity index (χ4v) is 3.10. The van der Waals surface area contributed by atoms with Crippen molar-refractivity contribution in [1.29, 1.82) is 0 Å². The number of ether oxygens (including phenoxy) is 2. The molecular formula is C18H18N2O3S. The van der Waals surface area contributed by atoms with Crippen LogP contribution in [0.2, 0.25) is 0 Å². The van der Waals surface area contributed by atoms with Gasteiger partial charge in [0.2, 0.25) is 0 Å². The largest absolute Gasteiger partial charge is 0.497 e. The van der Waals surface area contributed by atoms with Crippen molar-refractivity contribution in [1.82, 2.24) is 9.97 Å². The molecular weight excluding hydrogens is 324 g/mol. The minimum atomic E-state index is -0.385. The van der Waals surface area contributed by atoms with Crippen molar-refractivity contribution in [2.24, 2.45) is 0 Å². The van der Waals surface area contributed by atoms with E-state index in [-0.39, 0.29) is 12.6 Å². The standard InChI is InChI=1S/C18H18N2O3S/c1-4-17-20-13(10-24-17)9-23-18(21)15-7-12-5-6-14(22-3)8-16(12)19-11(15)2/h5-8,10H,4,9H2,1-3H3. The molecule has 0 radical (unpaired) electrons. The van der Waals surface area contributed by atoms with Crippen molar-refractivity contribution in [2.45, 2.75) is 26.9 Å². The van der Waals surface area contributed by atoms with Gasteiger partial charge >= 0.3 is 5.97 Å². The van der Waals surface area contributed by atoms with Gasteiger partial charge in [-0.15, -0.1) is 11.3 Å². The van der Waals surface area contributed by atoms with Crippen molar-refractivity contribution in [2.75, 3.05) is 7.11 Å². The maximum absolute atomic E-state index is 12.4. The number of benzene rings is 1. The highest BCUT2D eigenvalue weighted by Crippen LogP contribution is 2.22. The third-order valence-corrected chi connectivity index (χ3v) is 4.73. The molecule has 6 heteroatoms. The molecule has 5 nitrogen and oxygen atoms in total. The van der Waals surface area contributed by atoms with Crippen LogP contribution in [0.1, 0.15) is 33.7 Å². The molecule has 0 saturated carbocycles. The zero-order valence-electron chi connectivity index (χ0n) is 13.8. The first kappa shape index (κ1) is 16.4. The van der Waals surface area contributed by atoms with Gasteiger partial charge in [0.05, 0.1) is 34.6 Å². The Labute approximate surface area is 144 Å². The average molecular weight is 342 g/mol. The first-order valence-corrected chi connectivity index (χ1v) is 8.54. The molecule has 0 aliphatic heterocycles. The number of rotatable bonds is 5. The zero-order chi connectivity index (χ0) is 17.1. The summed E-state index contributed by atoms with van der Waals surface area (Å²) in [6, 6.07) is 7.37. The van der Waals surface area contributed by atoms with Crippen molar-refractivity contribution in [3.63, 3.8) is 0 Å². The fraction of sp³-hybridized carbons (Fsp3) is 0.278. The summed E-state index contributed by atoms with van der Waals surface area (Å²) in [7, 11) is 1.61. The molecule has 0 amide bonds. The maximum Gasteiger partial charge on any atom is 0.340 e. The zero-order valence-corrected chi connectivity index (χ0v) is 14.6. The summed E-state index contributed by atoms with van der Waals surface area (Å²) in [5.41, 5.74) is 2.67. The second-order valence-corrected chi connectivity index (χ2v) is 6.28. The molecule has 0 N–H and O–H groups in total. The number of aromatic nitrogens is 2. The van der Waals surface area contributed by atoms with Gasteiger partial charge in [-0.2, -0.15) is 0 Å². The van der Waals surface area contributed by atoms with E-state index in [9.17, 15) is 4.79 Å². The third kappa shape index (κ3) is 3.38. The molecule has 2 aromatic heterocycles. The summed E-state index contributed by atoms with van der Waals surface area (Å²) in [6.07, 6.45) is 0.885. The predicted octanol–water partition coefficient (Wildman–Crippen LogP) is 3.93. The SMILES string of the molecule is CCc1nc(COC(=O)c2cc3ccc(OC)cc3nc2C)cs1. The van der Waals surface area contributed by atoms with E-state index >= 15 is 0 Å². The van der Waals surface area contributed by atoms with Gasteiger partial charge in [-0.05, 0) is 31.5 Å². The highest BCUT2D eigenvalue weighted by molar-refractivity contribution is 7.09. The van der Waals surface area contributed by atoms with Crippen LogP contribution in [0.15, 0.2) is 29.6 Å². The van der Waals surface area contributed by atoms with E-state index < -0.39 is 0 Å². The number of methoxy groups -OCH3 is 1. The Kier molecular flexibility index (Phi) is 4.76. The van der Waals surface area contributed by atoms with E-state index in [1.54, 1.807) is 31.4 Å². The molecule has 2 heterocycles. The molecule has 24 heavy (non-hydrogen) atoms. The van der Waals surface area contributed by atoms with Gasteiger partial charge in [-0.3, -0.25) is 4.98 Å². The van der Waals surface area contributed by atoms with Crippen molar-refractivity contribution < 1.29 is 14.3 Å². The molecule has 0 bridgehead atoms. The Bertz CT molecular complexity index is 889. The minimum Gasteiger partial charge on any atom is -0.497 e. The quantitative estimate of drug-likeness (QED) is 0.658. The van der Waals surface area contributed by atoms with Gasteiger partial charge in [-0.1, -0.05) is 6.92 Å². The van der Waals surface area contributed by atoms with Crippen LogP contribution in [0, 0.1) is 6.92 Å². The molecule has 0 fully saturated rings. The van der Waals surface area contributed by atoms with Crippen LogP contribution in [-0.2, 0) is 17.8 Å². The Hall–Kier alpha value is -2.47. The number of hydrogen-bond donors (Lipinski definition) is 0. The van der Waals surface area contributed by atoms with E-state index in [2.05, 4.69) is 9.97 Å². The number of nitrogens with zero attached hydrogens (tertiary/aromatic N) is 2. The molecule has 0 saturated heterocycles. The summed E-state index contributed by atoms with van der Waals surface area (Å²) in [5, 5.41) is 3.83. The molecule has 0 atom stereocenters. The summed E-state index contributed by atoms with van der Waals surface area (Å²) in [4.78, 5) is 21.3. The van der Waals surface area contributed by atoms with Crippen LogP contribution >= 0.6 is 11.3 Å². The second-order valence-electron chi connectivity index (χ2n) is 5.34. The second kappa shape index (κ2) is 6.97. The van der Waals surface area contributed by atoms with Gasteiger partial charge in [0.25, 0.3) is 0 Å². The number of carbonyl (C=O) groups is 1. The van der Waals surface area contributed by atoms with E-state index in [4.69, 9.17) is 9.47 Å². The van der Waals surface area contributed by atoms with E-state index in [1.807, 2.05) is 30.5 Å². The molecule has 124 valence electrons. The van der Waals surface area contributed by atoms with Crippen LogP contribution in [0.5, 0.6) is 5.75 Å². The maximum atomic E-state index is 12.4. The summed E-state index contributed by atoms with van der Waals surface area (Å²) < 4.78 is 10.6. The minimum absolute atomic E-state index is 0.176. The number of carbonyl (C=O) groups excluding carboxylic acids is 1. The van der Waals surface area contributed by atoms with E-state index in [0.29, 0.717) is 11.3 Å². The molecule has 0 unspecified atom stereocenters. The first-order chi connectivity index (χ1) is 11.6. The van der Waals surface area contributed by atoms with Gasteiger partial charge in [-0.25, -0.2) is 9.78 Å². The van der Waals surface area contributed by atoms with Gasteiger partial charge in [0.1, 0.15) is 12.4 Å². The summed E-state index contributed by atoms with van der Waals surface area (Å²) in [6.45, 7) is 4.02. The Morgan fingerprint density at radius 1 is 1.25 bits per heavy atom. The van der Waals surface area contributed by atoms with Crippen LogP contribution in [-0.4, -0.2) is 23.0 Å². The Balaban J connectivity index is 1.79. The molecule has 0 spiro atoms. The predicted molar refractivity (Wildman–Crippen MR) is 93.6 cm³/mol. The highest BCUT2D eigenvalue weighted by Gasteiger charge is 2.14. The lowest BCUT2D eigenvalue weighted by molar-refractivity contribution is 0.0467. The Morgan fingerprint density at radius 2 is 2.08 bits per heavy atom. The number of esters is 1. The highest BCUT2D eigenvalue weighted by atomic mass is 32.1. The Morgan fingerprint density at radius 3 is 2.79 bits per heavy atom. The summed E-state index contributed by atoms with van der Waals surface area (Å²) in [5.74, 6) is 0.351. The lowest BCUT2D eigenvalue weighted by Crippen LogP contribution is -2.08. The van der Waals surface area contributed by atoms with E-state index in [0.717, 1.165) is 33.8 Å². The smallest absolute Gasteiger partial charge is 0.340 e. The van der Waals surface area contributed by atoms with Crippen molar-refractivity contribution in [3.05, 3.63) is 51.6 Å². The normalized spacial score (nSPS) is 10.8. The molecule has 0 aliphatic rings. The van der Waals surface area contributed by atoms with Crippen molar-refractivity contribution >= 4 is 28.2 Å². The topological polar surface area (TPSA) is 61.3 Å². The van der Waals surface area contributed by atoms with Crippen molar-refractivity contribution in [3.8, 4) is 5.75 Å². The number of hydrogen-bond acceptors (Lipinski definition) is 6. The van der Waals surface area contributed by atoms with Crippen LogP contribution < -0.4 is 4.74 Å². The lowest BCUT2D eigenvalue weighted by Gasteiger charge is -2.08. The molecule has 1 aromatic carbocycles. The van der Waals surface area contributed by atoms with Gasteiger partial charge < -0.3 is 9.47 Å². The van der Waals surface area contributed by atoms with Gasteiger partial charge in [0.15, 0.2) is 0 Å². The number of pyridine rings is 1. The number of fused-ring (bicyclic) bond motifs is 1. The molecule has 3 aromatic rings. The van der Waals surface area contributed by atoms with E-state index in [1.165, 1.54) is 0 Å². The average Bonchev–Trinajstić information content (AvgIpc) is 3.06. The first-order valence-electron chi connectivity index (χ1n) is 7.66. The monoisotopic (exact) mass is 342 g/mol. The number of aryl methyl sites for hydroxylation is 2. The van der Waals surface area contributed by atoms with Crippen LogP contribution in [0.4, 0.5) is 0 Å². The lowest BCUT2D eigenvalue weighted by atomic mass is 10.1. The van der Waals surface area contributed by atoms with Crippen LogP contribution in [0.25, 0.3) is 10.9 Å². The summed E-state index contributed by atoms with van der Waals surface area (Å²) >= 11 is 1.58. The fourth-order valence-electron chi connectivity index (χ4n) is 2.37. The molecule has 0 aliphatic carbocycles. The molecule has 3 rings (SSSR count). The third-order valence-electron chi connectivity index (χ3n) is 3.69. The van der Waals surface area contributed by atoms with Crippen LogP contribution in [0.3, 0.4) is 0 Å². The van der Waals surface area contributed by atoms with Gasteiger partial charge in [0, 0.05) is 16.8 Å².